The highest BCUT2D eigenvalue weighted by atomic mass is 127. The van der Waals surface area contributed by atoms with Gasteiger partial charge < -0.3 is 15.2 Å². The second-order valence-corrected chi connectivity index (χ2v) is 8.43. The molecule has 2 bridgehead atoms. The normalized spacial score (nSPS) is 28.2. The van der Waals surface area contributed by atoms with Gasteiger partial charge in [0.25, 0.3) is 0 Å². The molecule has 2 N–H and O–H groups in total. The Morgan fingerprint density at radius 2 is 2.00 bits per heavy atom. The molecular weight excluding hydrogens is 451 g/mol. The summed E-state index contributed by atoms with van der Waals surface area (Å²) in [6, 6.07) is 1.22. The summed E-state index contributed by atoms with van der Waals surface area (Å²) in [6.07, 6.45) is 15.0. The highest BCUT2D eigenvalue weighted by Crippen LogP contribution is 2.44. The minimum atomic E-state index is 0. The highest BCUT2D eigenvalue weighted by Gasteiger charge is 2.39. The number of guanidine groups is 1. The molecular formula is C20H35IN6. The van der Waals surface area contributed by atoms with Crippen LogP contribution >= 0.6 is 24.0 Å². The Morgan fingerprint density at radius 3 is 2.70 bits per heavy atom. The average Bonchev–Trinajstić information content (AvgIpc) is 3.39. The van der Waals surface area contributed by atoms with Gasteiger partial charge in [-0.1, -0.05) is 32.6 Å². The van der Waals surface area contributed by atoms with Gasteiger partial charge in [0.05, 0.1) is 6.54 Å². The van der Waals surface area contributed by atoms with E-state index < -0.39 is 0 Å². The van der Waals surface area contributed by atoms with Crippen LogP contribution in [0.4, 0.5) is 0 Å². The van der Waals surface area contributed by atoms with E-state index in [0.29, 0.717) is 12.1 Å². The Hall–Kier alpha value is -0.860. The van der Waals surface area contributed by atoms with Gasteiger partial charge in [0, 0.05) is 25.0 Å². The minimum absolute atomic E-state index is 0. The number of rotatable bonds is 6. The molecule has 6 nitrogen and oxygen atoms in total. The molecule has 3 saturated carbocycles. The number of aromatic nitrogens is 3. The highest BCUT2D eigenvalue weighted by molar-refractivity contribution is 14.0. The van der Waals surface area contributed by atoms with Crippen LogP contribution in [0.2, 0.25) is 0 Å². The number of aliphatic imine (C=N–C) groups is 1. The molecule has 7 heteroatoms. The van der Waals surface area contributed by atoms with Gasteiger partial charge in [-0.2, -0.15) is 0 Å². The quantitative estimate of drug-likeness (QED) is 0.367. The van der Waals surface area contributed by atoms with Gasteiger partial charge in [-0.25, -0.2) is 0 Å². The molecule has 0 amide bonds. The Bertz CT molecular complexity index is 609. The molecule has 3 unspecified atom stereocenters. The Labute approximate surface area is 180 Å². The van der Waals surface area contributed by atoms with Crippen LogP contribution in [-0.4, -0.2) is 39.4 Å². The molecule has 1 aromatic heterocycles. The van der Waals surface area contributed by atoms with Gasteiger partial charge >= 0.3 is 0 Å². The zero-order valence-corrected chi connectivity index (χ0v) is 18.9. The molecule has 0 aliphatic heterocycles. The molecule has 3 aliphatic rings. The van der Waals surface area contributed by atoms with Crippen LogP contribution in [0.1, 0.15) is 70.5 Å². The molecule has 27 heavy (non-hydrogen) atoms. The minimum Gasteiger partial charge on any atom is -0.354 e. The molecule has 0 spiro atoms. The summed E-state index contributed by atoms with van der Waals surface area (Å²) < 4.78 is 2.12. The topological polar surface area (TPSA) is 67.1 Å². The van der Waals surface area contributed by atoms with Crippen molar-refractivity contribution < 1.29 is 0 Å². The van der Waals surface area contributed by atoms with Crippen LogP contribution in [0.15, 0.2) is 11.3 Å². The summed E-state index contributed by atoms with van der Waals surface area (Å²) in [5.41, 5.74) is 0. The Kier molecular flexibility index (Phi) is 7.78. The molecule has 152 valence electrons. The van der Waals surface area contributed by atoms with Crippen molar-refractivity contribution in [3.05, 3.63) is 12.2 Å². The maximum atomic E-state index is 4.93. The lowest BCUT2D eigenvalue weighted by Crippen LogP contribution is -2.49. The lowest BCUT2D eigenvalue weighted by Gasteiger charge is -2.29. The molecule has 1 heterocycles. The van der Waals surface area contributed by atoms with Gasteiger partial charge in [-0.15, -0.1) is 34.2 Å². The number of aryl methyl sites for hydroxylation is 1. The SMILES string of the molecule is CCc1nncn1CCN=C(NC1CCCCC1)NC1CC2CCC1C2.I. The van der Waals surface area contributed by atoms with Crippen molar-refractivity contribution in [1.29, 1.82) is 0 Å². The third-order valence-electron chi connectivity index (χ3n) is 6.63. The van der Waals surface area contributed by atoms with Crippen LogP contribution in [0.5, 0.6) is 0 Å². The van der Waals surface area contributed by atoms with Crippen molar-refractivity contribution in [2.24, 2.45) is 16.8 Å². The molecule has 0 saturated heterocycles. The van der Waals surface area contributed by atoms with Gasteiger partial charge in [-0.05, 0) is 43.9 Å². The van der Waals surface area contributed by atoms with Crippen molar-refractivity contribution in [3.63, 3.8) is 0 Å². The zero-order chi connectivity index (χ0) is 17.8. The second-order valence-electron chi connectivity index (χ2n) is 8.43. The van der Waals surface area contributed by atoms with E-state index in [0.717, 1.165) is 43.1 Å². The molecule has 3 atom stereocenters. The fourth-order valence-corrected chi connectivity index (χ4v) is 5.18. The number of nitrogens with one attached hydrogen (secondary N) is 2. The predicted molar refractivity (Wildman–Crippen MR) is 119 cm³/mol. The number of nitrogens with zero attached hydrogens (tertiary/aromatic N) is 4. The summed E-state index contributed by atoms with van der Waals surface area (Å²) in [6.45, 7) is 3.74. The predicted octanol–water partition coefficient (Wildman–Crippen LogP) is 3.52. The largest absolute Gasteiger partial charge is 0.354 e. The Balaban J connectivity index is 0.00000210. The van der Waals surface area contributed by atoms with E-state index in [1.54, 1.807) is 0 Å². The van der Waals surface area contributed by atoms with Crippen LogP contribution in [0.25, 0.3) is 0 Å². The summed E-state index contributed by atoms with van der Waals surface area (Å²) in [7, 11) is 0. The van der Waals surface area contributed by atoms with Crippen LogP contribution in [0, 0.1) is 11.8 Å². The standard InChI is InChI=1S/C20H34N6.HI/c1-2-19-25-22-14-26(19)11-10-21-20(23-17-6-4-3-5-7-17)24-18-13-15-8-9-16(18)12-15;/h14-18H,2-13H2,1H3,(H2,21,23,24);1H. The van der Waals surface area contributed by atoms with E-state index in [1.165, 1.54) is 57.8 Å². The Morgan fingerprint density at radius 1 is 1.15 bits per heavy atom. The van der Waals surface area contributed by atoms with Gasteiger partial charge in [0.1, 0.15) is 12.2 Å². The summed E-state index contributed by atoms with van der Waals surface area (Å²) in [5.74, 6) is 3.91. The molecule has 4 rings (SSSR count). The maximum Gasteiger partial charge on any atom is 0.191 e. The number of hydrogen-bond acceptors (Lipinski definition) is 3. The van der Waals surface area contributed by atoms with E-state index in [9.17, 15) is 0 Å². The first-order valence-electron chi connectivity index (χ1n) is 10.8. The van der Waals surface area contributed by atoms with Crippen molar-refractivity contribution >= 4 is 29.9 Å². The first-order valence-corrected chi connectivity index (χ1v) is 10.8. The number of fused-ring (bicyclic) bond motifs is 2. The smallest absolute Gasteiger partial charge is 0.191 e. The first kappa shape index (κ1) is 20.9. The van der Waals surface area contributed by atoms with E-state index in [4.69, 9.17) is 4.99 Å². The van der Waals surface area contributed by atoms with Crippen molar-refractivity contribution in [3.8, 4) is 0 Å². The van der Waals surface area contributed by atoms with E-state index in [-0.39, 0.29) is 24.0 Å². The fourth-order valence-electron chi connectivity index (χ4n) is 5.18. The number of halogens is 1. The first-order chi connectivity index (χ1) is 12.8. The van der Waals surface area contributed by atoms with E-state index in [2.05, 4.69) is 32.3 Å². The molecule has 0 radical (unpaired) electrons. The summed E-state index contributed by atoms with van der Waals surface area (Å²) in [4.78, 5) is 4.93. The second kappa shape index (κ2) is 10.1. The van der Waals surface area contributed by atoms with Crippen LogP contribution in [0.3, 0.4) is 0 Å². The lowest BCUT2D eigenvalue weighted by molar-refractivity contribution is 0.374. The third kappa shape index (κ3) is 5.35. The monoisotopic (exact) mass is 486 g/mol. The van der Waals surface area contributed by atoms with Crippen LogP contribution < -0.4 is 10.6 Å². The average molecular weight is 486 g/mol. The van der Waals surface area contributed by atoms with Crippen molar-refractivity contribution in [2.75, 3.05) is 6.54 Å². The van der Waals surface area contributed by atoms with Crippen molar-refractivity contribution in [2.45, 2.75) is 89.8 Å². The van der Waals surface area contributed by atoms with Crippen molar-refractivity contribution in [1.82, 2.24) is 25.4 Å². The molecule has 3 fully saturated rings. The van der Waals surface area contributed by atoms with Gasteiger partial charge in [-0.3, -0.25) is 4.99 Å². The van der Waals surface area contributed by atoms with Gasteiger partial charge in [0.2, 0.25) is 0 Å². The maximum absolute atomic E-state index is 4.93. The lowest BCUT2D eigenvalue weighted by atomic mass is 9.95. The number of hydrogen-bond donors (Lipinski definition) is 2. The van der Waals surface area contributed by atoms with E-state index >= 15 is 0 Å². The third-order valence-corrected chi connectivity index (χ3v) is 6.63. The zero-order valence-electron chi connectivity index (χ0n) is 16.6. The van der Waals surface area contributed by atoms with Crippen LogP contribution in [-0.2, 0) is 13.0 Å². The fraction of sp³-hybridized carbons (Fsp3) is 0.850. The molecule has 0 aromatic carbocycles. The van der Waals surface area contributed by atoms with Gasteiger partial charge in [0.15, 0.2) is 5.96 Å². The molecule has 1 aromatic rings. The van der Waals surface area contributed by atoms with E-state index in [1.807, 2.05) is 6.33 Å². The molecule has 3 aliphatic carbocycles. The summed E-state index contributed by atoms with van der Waals surface area (Å²) >= 11 is 0. The summed E-state index contributed by atoms with van der Waals surface area (Å²) in [5, 5.41) is 15.7.